The Labute approximate surface area is 152 Å². The van der Waals surface area contributed by atoms with Crippen LogP contribution in [0.2, 0.25) is 0 Å². The molecule has 1 fully saturated rings. The van der Waals surface area contributed by atoms with Gasteiger partial charge in [-0.3, -0.25) is 14.6 Å². The molecule has 1 atom stereocenters. The summed E-state index contributed by atoms with van der Waals surface area (Å²) in [4.78, 5) is 34.0. The Morgan fingerprint density at radius 2 is 2.35 bits per heavy atom. The maximum atomic E-state index is 12.1. The first-order chi connectivity index (χ1) is 12.7. The van der Waals surface area contributed by atoms with Gasteiger partial charge in [0.25, 0.3) is 0 Å². The van der Waals surface area contributed by atoms with Gasteiger partial charge in [-0.1, -0.05) is 12.1 Å². The van der Waals surface area contributed by atoms with Gasteiger partial charge in [-0.15, -0.1) is 0 Å². The van der Waals surface area contributed by atoms with E-state index in [0.29, 0.717) is 43.9 Å². The van der Waals surface area contributed by atoms with Crippen LogP contribution in [0.25, 0.3) is 11.4 Å². The Morgan fingerprint density at radius 3 is 3.12 bits per heavy atom. The molecule has 2 aromatic rings. The van der Waals surface area contributed by atoms with Crippen molar-refractivity contribution in [3.8, 4) is 11.4 Å². The lowest BCUT2D eigenvalue weighted by molar-refractivity contribution is -0.127. The minimum atomic E-state index is -0.0814. The second-order valence-corrected chi connectivity index (χ2v) is 6.42. The van der Waals surface area contributed by atoms with Gasteiger partial charge in [-0.25, -0.2) is 0 Å². The molecule has 1 aliphatic heterocycles. The predicted octanol–water partition coefficient (Wildman–Crippen LogP) is 1.58. The first kappa shape index (κ1) is 18.0. The van der Waals surface area contributed by atoms with Crippen LogP contribution in [-0.4, -0.2) is 51.0 Å². The molecule has 8 nitrogen and oxygen atoms in total. The highest BCUT2D eigenvalue weighted by atomic mass is 16.5. The number of hydrogen-bond acceptors (Lipinski definition) is 6. The first-order valence-corrected chi connectivity index (χ1v) is 8.96. The van der Waals surface area contributed by atoms with E-state index in [0.717, 1.165) is 18.5 Å². The Bertz CT molecular complexity index is 746. The molecule has 0 radical (unpaired) electrons. The van der Waals surface area contributed by atoms with E-state index in [9.17, 15) is 9.59 Å². The Kier molecular flexibility index (Phi) is 5.93. The SMILES string of the molecule is CCCN1CC(NC(=O)CCCc2nc(-c3cccnc3)no2)CC1=O. The van der Waals surface area contributed by atoms with Crippen LogP contribution in [0.3, 0.4) is 0 Å². The summed E-state index contributed by atoms with van der Waals surface area (Å²) in [7, 11) is 0. The third kappa shape index (κ3) is 4.65. The van der Waals surface area contributed by atoms with Crippen LogP contribution in [0.1, 0.15) is 38.5 Å². The molecule has 3 rings (SSSR count). The molecule has 0 aromatic carbocycles. The number of carbonyl (C=O) groups excluding carboxylic acids is 2. The molecule has 2 aromatic heterocycles. The summed E-state index contributed by atoms with van der Waals surface area (Å²) in [5, 5.41) is 6.87. The fourth-order valence-corrected chi connectivity index (χ4v) is 3.02. The highest BCUT2D eigenvalue weighted by Crippen LogP contribution is 2.15. The monoisotopic (exact) mass is 357 g/mol. The minimum absolute atomic E-state index is 0.0480. The lowest BCUT2D eigenvalue weighted by Crippen LogP contribution is -2.37. The maximum absolute atomic E-state index is 12.1. The fraction of sp³-hybridized carbons (Fsp3) is 0.500. The summed E-state index contributed by atoms with van der Waals surface area (Å²) in [6.07, 6.45) is 6.19. The van der Waals surface area contributed by atoms with Gasteiger partial charge < -0.3 is 14.7 Å². The summed E-state index contributed by atoms with van der Waals surface area (Å²) in [5.74, 6) is 1.07. The van der Waals surface area contributed by atoms with Crippen molar-refractivity contribution < 1.29 is 14.1 Å². The number of likely N-dealkylation sites (tertiary alicyclic amines) is 1. The molecular formula is C18H23N5O3. The predicted molar refractivity (Wildman–Crippen MR) is 93.9 cm³/mol. The van der Waals surface area contributed by atoms with Crippen LogP contribution in [0.4, 0.5) is 0 Å². The number of rotatable bonds is 8. The average Bonchev–Trinajstić information content (AvgIpc) is 3.23. The summed E-state index contributed by atoms with van der Waals surface area (Å²) >= 11 is 0. The van der Waals surface area contributed by atoms with Crippen LogP contribution in [0.5, 0.6) is 0 Å². The molecule has 1 N–H and O–H groups in total. The van der Waals surface area contributed by atoms with Gasteiger partial charge in [0.1, 0.15) is 0 Å². The van der Waals surface area contributed by atoms with Gasteiger partial charge in [0.2, 0.25) is 23.5 Å². The Morgan fingerprint density at radius 1 is 1.46 bits per heavy atom. The lowest BCUT2D eigenvalue weighted by Gasteiger charge is -2.15. The van der Waals surface area contributed by atoms with Crippen LogP contribution < -0.4 is 5.32 Å². The highest BCUT2D eigenvalue weighted by Gasteiger charge is 2.29. The zero-order valence-corrected chi connectivity index (χ0v) is 14.9. The third-order valence-corrected chi connectivity index (χ3v) is 4.26. The van der Waals surface area contributed by atoms with Crippen molar-refractivity contribution in [3.63, 3.8) is 0 Å². The van der Waals surface area contributed by atoms with E-state index < -0.39 is 0 Å². The normalized spacial score (nSPS) is 16.9. The number of hydrogen-bond donors (Lipinski definition) is 1. The standard InChI is InChI=1S/C18H23N5O3/c1-2-9-23-12-14(10-17(23)25)20-15(24)6-3-7-16-21-18(22-26-16)13-5-4-8-19-11-13/h4-5,8,11,14H,2-3,6-7,9-10,12H2,1H3,(H,20,24). The number of nitrogens with one attached hydrogen (secondary N) is 1. The number of carbonyl (C=O) groups is 2. The van der Waals surface area contributed by atoms with E-state index in [2.05, 4.69) is 20.4 Å². The van der Waals surface area contributed by atoms with Gasteiger partial charge in [0.05, 0.1) is 6.04 Å². The van der Waals surface area contributed by atoms with E-state index in [1.54, 1.807) is 12.4 Å². The van der Waals surface area contributed by atoms with Crippen molar-refractivity contribution >= 4 is 11.8 Å². The van der Waals surface area contributed by atoms with Crippen LogP contribution in [0, 0.1) is 0 Å². The molecule has 26 heavy (non-hydrogen) atoms. The molecular weight excluding hydrogens is 334 g/mol. The van der Waals surface area contributed by atoms with Crippen molar-refractivity contribution in [1.82, 2.24) is 25.3 Å². The van der Waals surface area contributed by atoms with Crippen molar-refractivity contribution in [2.24, 2.45) is 0 Å². The molecule has 1 aliphatic rings. The summed E-state index contributed by atoms with van der Waals surface area (Å²) in [5.41, 5.74) is 0.794. The van der Waals surface area contributed by atoms with Crippen LogP contribution in [0.15, 0.2) is 29.0 Å². The maximum Gasteiger partial charge on any atom is 0.226 e. The van der Waals surface area contributed by atoms with E-state index >= 15 is 0 Å². The molecule has 0 aliphatic carbocycles. The van der Waals surface area contributed by atoms with Gasteiger partial charge in [0.15, 0.2) is 0 Å². The quantitative estimate of drug-likeness (QED) is 0.770. The summed E-state index contributed by atoms with van der Waals surface area (Å²) in [6.45, 7) is 3.40. The van der Waals surface area contributed by atoms with Crippen molar-refractivity contribution in [1.29, 1.82) is 0 Å². The largest absolute Gasteiger partial charge is 0.351 e. The molecule has 0 bridgehead atoms. The molecule has 1 unspecified atom stereocenters. The molecule has 1 saturated heterocycles. The third-order valence-electron chi connectivity index (χ3n) is 4.26. The summed E-state index contributed by atoms with van der Waals surface area (Å²) in [6, 6.07) is 3.59. The number of pyridine rings is 1. The molecule has 138 valence electrons. The van der Waals surface area contributed by atoms with Gasteiger partial charge in [-0.2, -0.15) is 4.98 Å². The van der Waals surface area contributed by atoms with Gasteiger partial charge in [-0.05, 0) is 25.0 Å². The lowest BCUT2D eigenvalue weighted by atomic mass is 10.2. The number of aryl methyl sites for hydroxylation is 1. The van der Waals surface area contributed by atoms with Crippen molar-refractivity contribution in [2.45, 2.75) is 45.1 Å². The van der Waals surface area contributed by atoms with Crippen molar-refractivity contribution in [2.75, 3.05) is 13.1 Å². The first-order valence-electron chi connectivity index (χ1n) is 8.96. The van der Waals surface area contributed by atoms with Crippen LogP contribution >= 0.6 is 0 Å². The number of amides is 2. The average molecular weight is 357 g/mol. The minimum Gasteiger partial charge on any atom is -0.351 e. The van der Waals surface area contributed by atoms with E-state index in [-0.39, 0.29) is 17.9 Å². The Balaban J connectivity index is 1.41. The zero-order valence-electron chi connectivity index (χ0n) is 14.9. The zero-order chi connectivity index (χ0) is 18.4. The highest BCUT2D eigenvalue weighted by molar-refractivity contribution is 5.82. The number of nitrogens with zero attached hydrogens (tertiary/aromatic N) is 4. The summed E-state index contributed by atoms with van der Waals surface area (Å²) < 4.78 is 5.22. The molecule has 0 saturated carbocycles. The van der Waals surface area contributed by atoms with Gasteiger partial charge >= 0.3 is 0 Å². The Hall–Kier alpha value is -2.77. The number of aromatic nitrogens is 3. The molecule has 2 amide bonds. The van der Waals surface area contributed by atoms with E-state index in [1.807, 2.05) is 24.0 Å². The van der Waals surface area contributed by atoms with Crippen molar-refractivity contribution in [3.05, 3.63) is 30.4 Å². The molecule has 3 heterocycles. The second kappa shape index (κ2) is 8.55. The van der Waals surface area contributed by atoms with E-state index in [4.69, 9.17) is 4.52 Å². The smallest absolute Gasteiger partial charge is 0.226 e. The van der Waals surface area contributed by atoms with Gasteiger partial charge in [0, 0.05) is 50.3 Å². The molecule has 8 heteroatoms. The molecule has 0 spiro atoms. The second-order valence-electron chi connectivity index (χ2n) is 6.42. The topological polar surface area (TPSA) is 101 Å². The van der Waals surface area contributed by atoms with Crippen LogP contribution in [-0.2, 0) is 16.0 Å². The fourth-order valence-electron chi connectivity index (χ4n) is 3.02. The van der Waals surface area contributed by atoms with E-state index in [1.165, 1.54) is 0 Å².